The molecule has 0 heterocycles. The van der Waals surface area contributed by atoms with Gasteiger partial charge in [0.25, 0.3) is 0 Å². The van der Waals surface area contributed by atoms with Crippen LogP contribution in [0.1, 0.15) is 73.1 Å². The lowest BCUT2D eigenvalue weighted by Crippen LogP contribution is -2.48. The van der Waals surface area contributed by atoms with Crippen LogP contribution < -0.4 is 0 Å². The van der Waals surface area contributed by atoms with Crippen LogP contribution in [0.2, 0.25) is 0 Å². The Balaban J connectivity index is 2.86. The molecule has 20 heavy (non-hydrogen) atoms. The number of rotatable bonds is 6. The Morgan fingerprint density at radius 3 is 2.25 bits per heavy atom. The highest BCUT2D eigenvalue weighted by molar-refractivity contribution is 5.00. The van der Waals surface area contributed by atoms with Crippen LogP contribution in [0.15, 0.2) is 0 Å². The molecule has 3 atom stereocenters. The van der Waals surface area contributed by atoms with Crippen molar-refractivity contribution in [1.82, 2.24) is 4.90 Å². The van der Waals surface area contributed by atoms with Gasteiger partial charge < -0.3 is 0 Å². The number of hydrogen-bond donors (Lipinski definition) is 0. The van der Waals surface area contributed by atoms with Gasteiger partial charge in [0.2, 0.25) is 0 Å². The summed E-state index contributed by atoms with van der Waals surface area (Å²) in [5.74, 6) is 0.989. The van der Waals surface area contributed by atoms with Gasteiger partial charge in [-0.2, -0.15) is 5.26 Å². The quantitative estimate of drug-likeness (QED) is 0.694. The molecule has 3 unspecified atom stereocenters. The van der Waals surface area contributed by atoms with E-state index >= 15 is 0 Å². The van der Waals surface area contributed by atoms with Crippen molar-refractivity contribution >= 4 is 0 Å². The predicted octanol–water partition coefficient (Wildman–Crippen LogP) is 4.85. The van der Waals surface area contributed by atoms with Crippen LogP contribution in [0.4, 0.5) is 0 Å². The zero-order valence-corrected chi connectivity index (χ0v) is 14.4. The van der Waals surface area contributed by atoms with Gasteiger partial charge in [0, 0.05) is 12.1 Å². The fraction of sp³-hybridized carbons (Fsp3) is 0.944. The highest BCUT2D eigenvalue weighted by Gasteiger charge is 2.39. The van der Waals surface area contributed by atoms with E-state index in [0.717, 1.165) is 12.3 Å². The molecule has 0 aromatic carbocycles. The first-order valence-electron chi connectivity index (χ1n) is 8.52. The molecule has 2 heteroatoms. The lowest BCUT2D eigenvalue weighted by Gasteiger charge is -2.46. The molecule has 0 aromatic heterocycles. The van der Waals surface area contributed by atoms with E-state index in [1.807, 2.05) is 0 Å². The van der Waals surface area contributed by atoms with Crippen molar-refractivity contribution in [2.75, 3.05) is 7.05 Å². The summed E-state index contributed by atoms with van der Waals surface area (Å²) in [5, 5.41) is 9.51. The monoisotopic (exact) mass is 278 g/mol. The van der Waals surface area contributed by atoms with Crippen molar-refractivity contribution in [2.24, 2.45) is 17.3 Å². The summed E-state index contributed by atoms with van der Waals surface area (Å²) < 4.78 is 0. The Morgan fingerprint density at radius 2 is 1.80 bits per heavy atom. The van der Waals surface area contributed by atoms with Crippen LogP contribution in [-0.4, -0.2) is 24.0 Å². The second kappa shape index (κ2) is 7.46. The van der Waals surface area contributed by atoms with Crippen LogP contribution >= 0.6 is 0 Å². The SMILES string of the molecule is CCC(CC)N(C)C1CC(C(C)(C)CC)CCC1C#N. The largest absolute Gasteiger partial charge is 0.299 e. The first-order valence-corrected chi connectivity index (χ1v) is 8.52. The van der Waals surface area contributed by atoms with E-state index in [1.54, 1.807) is 0 Å². The van der Waals surface area contributed by atoms with Gasteiger partial charge in [0.1, 0.15) is 0 Å². The van der Waals surface area contributed by atoms with Gasteiger partial charge in [-0.25, -0.2) is 0 Å². The molecule has 0 aliphatic heterocycles. The fourth-order valence-corrected chi connectivity index (χ4v) is 3.88. The van der Waals surface area contributed by atoms with Crippen molar-refractivity contribution < 1.29 is 0 Å². The number of nitrogens with zero attached hydrogens (tertiary/aromatic N) is 2. The fourth-order valence-electron chi connectivity index (χ4n) is 3.88. The van der Waals surface area contributed by atoms with Gasteiger partial charge in [0.15, 0.2) is 0 Å². The smallest absolute Gasteiger partial charge is 0.0672 e. The predicted molar refractivity (Wildman–Crippen MR) is 86.4 cm³/mol. The molecule has 1 saturated carbocycles. The maximum Gasteiger partial charge on any atom is 0.0672 e. The summed E-state index contributed by atoms with van der Waals surface area (Å²) in [7, 11) is 2.24. The van der Waals surface area contributed by atoms with Crippen LogP contribution in [0.25, 0.3) is 0 Å². The molecular weight excluding hydrogens is 244 g/mol. The van der Waals surface area contributed by atoms with Crippen LogP contribution in [0, 0.1) is 28.6 Å². The molecular formula is C18H34N2. The van der Waals surface area contributed by atoms with Crippen LogP contribution in [-0.2, 0) is 0 Å². The molecule has 1 aliphatic rings. The summed E-state index contributed by atoms with van der Waals surface area (Å²) >= 11 is 0. The maximum atomic E-state index is 9.51. The minimum atomic E-state index is 0.226. The first-order chi connectivity index (χ1) is 9.41. The molecule has 0 bridgehead atoms. The molecule has 0 aromatic rings. The van der Waals surface area contributed by atoms with Gasteiger partial charge in [-0.15, -0.1) is 0 Å². The summed E-state index contributed by atoms with van der Waals surface area (Å²) in [6.07, 6.45) is 7.11. The Kier molecular flexibility index (Phi) is 6.52. The average Bonchev–Trinajstić information content (AvgIpc) is 2.47. The van der Waals surface area contributed by atoms with E-state index < -0.39 is 0 Å². The Bertz CT molecular complexity index is 325. The third-order valence-electron chi connectivity index (χ3n) is 6.04. The molecule has 1 aliphatic carbocycles. The lowest BCUT2D eigenvalue weighted by molar-refractivity contribution is 0.0416. The minimum absolute atomic E-state index is 0.226. The van der Waals surface area contributed by atoms with E-state index in [0.29, 0.717) is 17.5 Å². The van der Waals surface area contributed by atoms with Gasteiger partial charge in [-0.1, -0.05) is 41.0 Å². The van der Waals surface area contributed by atoms with Crippen LogP contribution in [0.5, 0.6) is 0 Å². The summed E-state index contributed by atoms with van der Waals surface area (Å²) in [5.41, 5.74) is 0.410. The number of hydrogen-bond acceptors (Lipinski definition) is 2. The lowest BCUT2D eigenvalue weighted by atomic mass is 9.66. The maximum absolute atomic E-state index is 9.51. The Morgan fingerprint density at radius 1 is 1.20 bits per heavy atom. The molecule has 1 fully saturated rings. The average molecular weight is 278 g/mol. The van der Waals surface area contributed by atoms with Crippen molar-refractivity contribution in [1.29, 1.82) is 5.26 Å². The molecule has 0 radical (unpaired) electrons. The van der Waals surface area contributed by atoms with Gasteiger partial charge in [0.05, 0.1) is 12.0 Å². The van der Waals surface area contributed by atoms with Crippen molar-refractivity contribution in [3.05, 3.63) is 0 Å². The molecule has 116 valence electrons. The van der Waals surface area contributed by atoms with E-state index in [-0.39, 0.29) is 5.92 Å². The van der Waals surface area contributed by atoms with Crippen LogP contribution in [0.3, 0.4) is 0 Å². The standard InChI is InChI=1S/C18H34N2/c1-7-16(8-2)20(6)17-12-15(18(4,5)9-3)11-10-14(17)13-19/h14-17H,7-12H2,1-6H3. The van der Waals surface area contributed by atoms with Gasteiger partial charge in [-0.05, 0) is 50.5 Å². The Labute approximate surface area is 126 Å². The molecule has 0 N–H and O–H groups in total. The zero-order valence-electron chi connectivity index (χ0n) is 14.4. The Hall–Kier alpha value is -0.550. The highest BCUT2D eigenvalue weighted by atomic mass is 15.2. The summed E-state index contributed by atoms with van der Waals surface area (Å²) in [4.78, 5) is 2.52. The second-order valence-corrected chi connectivity index (χ2v) is 7.29. The molecule has 2 nitrogen and oxygen atoms in total. The highest BCUT2D eigenvalue weighted by Crippen LogP contribution is 2.43. The third-order valence-corrected chi connectivity index (χ3v) is 6.04. The van der Waals surface area contributed by atoms with Gasteiger partial charge in [-0.3, -0.25) is 4.90 Å². The van der Waals surface area contributed by atoms with E-state index in [2.05, 4.69) is 52.6 Å². The van der Waals surface area contributed by atoms with E-state index in [4.69, 9.17) is 0 Å². The molecule has 0 amide bonds. The third kappa shape index (κ3) is 3.76. The normalized spacial score (nSPS) is 27.9. The van der Waals surface area contributed by atoms with Crippen molar-refractivity contribution in [3.8, 4) is 6.07 Å². The van der Waals surface area contributed by atoms with E-state index in [9.17, 15) is 5.26 Å². The molecule has 0 spiro atoms. The topological polar surface area (TPSA) is 27.0 Å². The zero-order chi connectivity index (χ0) is 15.3. The summed E-state index contributed by atoms with van der Waals surface area (Å²) in [6, 6.07) is 3.66. The van der Waals surface area contributed by atoms with Crippen molar-refractivity contribution in [2.45, 2.75) is 85.2 Å². The van der Waals surface area contributed by atoms with E-state index in [1.165, 1.54) is 32.1 Å². The second-order valence-electron chi connectivity index (χ2n) is 7.29. The number of nitriles is 1. The molecule has 0 saturated heterocycles. The first kappa shape index (κ1) is 17.5. The minimum Gasteiger partial charge on any atom is -0.299 e. The van der Waals surface area contributed by atoms with Gasteiger partial charge >= 0.3 is 0 Å². The van der Waals surface area contributed by atoms with Crippen molar-refractivity contribution in [3.63, 3.8) is 0 Å². The molecule has 1 rings (SSSR count). The summed E-state index contributed by atoms with van der Waals surface area (Å²) in [6.45, 7) is 11.6.